The Morgan fingerprint density at radius 2 is 1.89 bits per heavy atom. The van der Waals surface area contributed by atoms with Gasteiger partial charge in [0.1, 0.15) is 0 Å². The molecule has 1 aromatic rings. The van der Waals surface area contributed by atoms with Crippen LogP contribution in [0.15, 0.2) is 18.2 Å². The summed E-state index contributed by atoms with van der Waals surface area (Å²) in [6, 6.07) is 6.85. The first-order valence-electron chi connectivity index (χ1n) is 6.82. The summed E-state index contributed by atoms with van der Waals surface area (Å²) in [6.45, 7) is 11.0. The zero-order valence-corrected chi connectivity index (χ0v) is 12.9. The normalized spacial score (nSPS) is 11.8. The number of alkyl halides is 1. The van der Waals surface area contributed by atoms with Gasteiger partial charge in [-0.05, 0) is 55.0 Å². The van der Waals surface area contributed by atoms with Gasteiger partial charge in [-0.1, -0.05) is 39.0 Å². The number of halogens is 1. The second-order valence-electron chi connectivity index (χ2n) is 5.93. The van der Waals surface area contributed by atoms with Crippen molar-refractivity contribution in [1.29, 1.82) is 0 Å². The Bertz CT molecular complexity index is 366. The van der Waals surface area contributed by atoms with Crippen LogP contribution < -0.4 is 5.32 Å². The largest absolute Gasteiger partial charge is 0.316 e. The number of hydrogen-bond donors (Lipinski definition) is 1. The lowest BCUT2D eigenvalue weighted by atomic mass is 9.85. The molecule has 2 heteroatoms. The highest BCUT2D eigenvalue weighted by Crippen LogP contribution is 2.24. The molecule has 1 rings (SSSR count). The van der Waals surface area contributed by atoms with Gasteiger partial charge in [0.15, 0.2) is 0 Å². The minimum atomic E-state index is 0.231. The Morgan fingerprint density at radius 3 is 2.50 bits per heavy atom. The van der Waals surface area contributed by atoms with Crippen LogP contribution in [-0.4, -0.2) is 19.0 Å². The first-order chi connectivity index (χ1) is 8.45. The van der Waals surface area contributed by atoms with E-state index in [1.165, 1.54) is 16.7 Å². The molecular formula is C16H26ClN. The lowest BCUT2D eigenvalue weighted by Gasteiger charge is -2.21. The molecule has 0 radical (unpaired) electrons. The average molecular weight is 268 g/mol. The van der Waals surface area contributed by atoms with Crippen molar-refractivity contribution < 1.29 is 0 Å². The lowest BCUT2D eigenvalue weighted by molar-refractivity contribution is 0.588. The smallest absolute Gasteiger partial charge is 0.0235 e. The maximum Gasteiger partial charge on any atom is 0.0235 e. The summed E-state index contributed by atoms with van der Waals surface area (Å²) in [4.78, 5) is 0. The number of benzene rings is 1. The molecule has 0 atom stereocenters. The van der Waals surface area contributed by atoms with Gasteiger partial charge in [-0.25, -0.2) is 0 Å². The Labute approximate surface area is 117 Å². The topological polar surface area (TPSA) is 12.0 Å². The van der Waals surface area contributed by atoms with Crippen molar-refractivity contribution in [2.75, 3.05) is 19.0 Å². The molecule has 1 nitrogen and oxygen atoms in total. The van der Waals surface area contributed by atoms with E-state index in [4.69, 9.17) is 11.6 Å². The maximum atomic E-state index is 5.65. The lowest BCUT2D eigenvalue weighted by Crippen LogP contribution is -2.19. The van der Waals surface area contributed by atoms with E-state index < -0.39 is 0 Å². The van der Waals surface area contributed by atoms with Gasteiger partial charge in [-0.15, -0.1) is 11.6 Å². The molecule has 0 unspecified atom stereocenters. The Hall–Kier alpha value is -0.530. The van der Waals surface area contributed by atoms with Gasteiger partial charge in [0, 0.05) is 5.88 Å². The molecule has 0 saturated heterocycles. The molecule has 0 fully saturated rings. The molecule has 18 heavy (non-hydrogen) atoms. The zero-order valence-electron chi connectivity index (χ0n) is 12.1. The van der Waals surface area contributed by atoms with Gasteiger partial charge in [0.25, 0.3) is 0 Å². The van der Waals surface area contributed by atoms with Crippen molar-refractivity contribution >= 4 is 11.6 Å². The predicted octanol–water partition coefficient (Wildman–Crippen LogP) is 4.05. The first-order valence-corrected chi connectivity index (χ1v) is 7.35. The molecule has 0 spiro atoms. The molecular weight excluding hydrogens is 242 g/mol. The van der Waals surface area contributed by atoms with Gasteiger partial charge in [0.05, 0.1) is 0 Å². The summed E-state index contributed by atoms with van der Waals surface area (Å²) in [6.07, 6.45) is 2.14. The summed E-state index contributed by atoms with van der Waals surface area (Å²) < 4.78 is 0. The maximum absolute atomic E-state index is 5.65. The predicted molar refractivity (Wildman–Crippen MR) is 81.8 cm³/mol. The highest BCUT2D eigenvalue weighted by atomic mass is 35.5. The van der Waals surface area contributed by atoms with Crippen LogP contribution in [0.2, 0.25) is 0 Å². The number of rotatable bonds is 6. The van der Waals surface area contributed by atoms with E-state index >= 15 is 0 Å². The number of hydrogen-bond acceptors (Lipinski definition) is 1. The second-order valence-corrected chi connectivity index (χ2v) is 6.31. The average Bonchev–Trinajstić information content (AvgIpc) is 2.29. The highest BCUT2D eigenvalue weighted by Gasteiger charge is 2.14. The van der Waals surface area contributed by atoms with E-state index in [0.717, 1.165) is 31.8 Å². The van der Waals surface area contributed by atoms with Gasteiger partial charge in [-0.2, -0.15) is 0 Å². The molecule has 0 amide bonds. The fraction of sp³-hybridized carbons (Fsp3) is 0.625. The number of nitrogens with one attached hydrogen (secondary N) is 1. The Kier molecular flexibility index (Phi) is 6.17. The molecule has 0 aliphatic rings. The molecule has 0 aliphatic carbocycles. The van der Waals surface area contributed by atoms with Crippen LogP contribution in [0.5, 0.6) is 0 Å². The standard InChI is InChI=1S/C16H26ClN/c1-13-6-7-15(16(2,3)4)12-14(13)8-11-18-10-5-9-17/h6-7,12,18H,5,8-11H2,1-4H3. The summed E-state index contributed by atoms with van der Waals surface area (Å²) in [7, 11) is 0. The molecule has 0 saturated carbocycles. The molecule has 0 heterocycles. The van der Waals surface area contributed by atoms with Crippen molar-refractivity contribution in [3.05, 3.63) is 34.9 Å². The van der Waals surface area contributed by atoms with Crippen LogP contribution in [0.3, 0.4) is 0 Å². The summed E-state index contributed by atoms with van der Waals surface area (Å²) >= 11 is 5.65. The van der Waals surface area contributed by atoms with Crippen LogP contribution in [0.25, 0.3) is 0 Å². The van der Waals surface area contributed by atoms with E-state index in [9.17, 15) is 0 Å². The van der Waals surface area contributed by atoms with Crippen LogP contribution in [0, 0.1) is 6.92 Å². The van der Waals surface area contributed by atoms with E-state index in [1.807, 2.05) is 0 Å². The third-order valence-electron chi connectivity index (χ3n) is 3.27. The van der Waals surface area contributed by atoms with Crippen molar-refractivity contribution in [1.82, 2.24) is 5.32 Å². The van der Waals surface area contributed by atoms with Gasteiger partial charge >= 0.3 is 0 Å². The molecule has 0 bridgehead atoms. The van der Waals surface area contributed by atoms with Crippen molar-refractivity contribution in [2.24, 2.45) is 0 Å². The van der Waals surface area contributed by atoms with E-state index in [0.29, 0.717) is 0 Å². The van der Waals surface area contributed by atoms with Crippen LogP contribution in [-0.2, 0) is 11.8 Å². The fourth-order valence-electron chi connectivity index (χ4n) is 1.95. The van der Waals surface area contributed by atoms with Crippen molar-refractivity contribution in [3.8, 4) is 0 Å². The third kappa shape index (κ3) is 4.99. The summed E-state index contributed by atoms with van der Waals surface area (Å²) in [5.41, 5.74) is 4.50. The quantitative estimate of drug-likeness (QED) is 0.606. The monoisotopic (exact) mass is 267 g/mol. The fourth-order valence-corrected chi connectivity index (χ4v) is 2.08. The minimum absolute atomic E-state index is 0.231. The Balaban J connectivity index is 2.59. The van der Waals surface area contributed by atoms with Crippen LogP contribution in [0.1, 0.15) is 43.9 Å². The first kappa shape index (κ1) is 15.5. The molecule has 102 valence electrons. The number of aryl methyl sites for hydroxylation is 1. The second kappa shape index (κ2) is 7.16. The third-order valence-corrected chi connectivity index (χ3v) is 3.54. The van der Waals surface area contributed by atoms with E-state index in [1.54, 1.807) is 0 Å². The SMILES string of the molecule is Cc1ccc(C(C)(C)C)cc1CCNCCCCl. The Morgan fingerprint density at radius 1 is 1.17 bits per heavy atom. The minimum Gasteiger partial charge on any atom is -0.316 e. The highest BCUT2D eigenvalue weighted by molar-refractivity contribution is 6.17. The van der Waals surface area contributed by atoms with Gasteiger partial charge in [0.2, 0.25) is 0 Å². The van der Waals surface area contributed by atoms with Gasteiger partial charge in [-0.3, -0.25) is 0 Å². The van der Waals surface area contributed by atoms with E-state index in [2.05, 4.69) is 51.2 Å². The summed E-state index contributed by atoms with van der Waals surface area (Å²) in [5, 5.41) is 3.44. The molecule has 0 aromatic heterocycles. The van der Waals surface area contributed by atoms with E-state index in [-0.39, 0.29) is 5.41 Å². The molecule has 1 N–H and O–H groups in total. The van der Waals surface area contributed by atoms with Crippen LogP contribution >= 0.6 is 11.6 Å². The van der Waals surface area contributed by atoms with Gasteiger partial charge < -0.3 is 5.32 Å². The molecule has 0 aliphatic heterocycles. The summed E-state index contributed by atoms with van der Waals surface area (Å²) in [5.74, 6) is 0.742. The van der Waals surface area contributed by atoms with Crippen molar-refractivity contribution in [3.63, 3.8) is 0 Å². The van der Waals surface area contributed by atoms with Crippen molar-refractivity contribution in [2.45, 2.75) is 46.0 Å². The van der Waals surface area contributed by atoms with Crippen LogP contribution in [0.4, 0.5) is 0 Å². The molecule has 1 aromatic carbocycles. The zero-order chi connectivity index (χ0) is 13.6.